The van der Waals surface area contributed by atoms with E-state index in [4.69, 9.17) is 0 Å². The second-order valence-electron chi connectivity index (χ2n) is 7.29. The van der Waals surface area contributed by atoms with Crippen LogP contribution >= 0.6 is 0 Å². The number of piperidine rings is 1. The van der Waals surface area contributed by atoms with Gasteiger partial charge in [0.05, 0.1) is 4.92 Å². The molecule has 0 atom stereocenters. The van der Waals surface area contributed by atoms with Crippen LogP contribution in [-0.2, 0) is 11.2 Å². The Hall–Kier alpha value is -3.42. The van der Waals surface area contributed by atoms with E-state index in [2.05, 4.69) is 26.3 Å². The predicted octanol–water partition coefficient (Wildman–Crippen LogP) is 3.05. The molecule has 4 rings (SSSR count). The van der Waals surface area contributed by atoms with Gasteiger partial charge >= 0.3 is 0 Å². The minimum absolute atomic E-state index is 0.00716. The second-order valence-corrected chi connectivity index (χ2v) is 7.29. The standard InChI is InChI=1S/C21H23N5O3/c27-21(22-10-7-16-13-23-19-4-2-1-3-18(16)19)15-8-11-25(12-9-15)20-6-5-17(14-24-20)26(28)29/h1-6,13-15,23H,7-12H2,(H,22,27). The van der Waals surface area contributed by atoms with Crippen LogP contribution in [-0.4, -0.2) is 40.4 Å². The average molecular weight is 393 g/mol. The molecular formula is C21H23N5O3. The summed E-state index contributed by atoms with van der Waals surface area (Å²) in [5.41, 5.74) is 2.30. The molecule has 0 unspecified atom stereocenters. The fraction of sp³-hybridized carbons (Fsp3) is 0.333. The van der Waals surface area contributed by atoms with Gasteiger partial charge in [-0.05, 0) is 37.0 Å². The summed E-state index contributed by atoms with van der Waals surface area (Å²) in [7, 11) is 0. The summed E-state index contributed by atoms with van der Waals surface area (Å²) < 4.78 is 0. The Morgan fingerprint density at radius 1 is 1.24 bits per heavy atom. The number of nitro groups is 1. The van der Waals surface area contributed by atoms with Gasteiger partial charge in [0, 0.05) is 48.7 Å². The lowest BCUT2D eigenvalue weighted by atomic mass is 9.96. The van der Waals surface area contributed by atoms with Gasteiger partial charge in [-0.15, -0.1) is 0 Å². The smallest absolute Gasteiger partial charge is 0.287 e. The van der Waals surface area contributed by atoms with Crippen molar-refractivity contribution in [2.45, 2.75) is 19.3 Å². The number of anilines is 1. The first kappa shape index (κ1) is 18.9. The molecule has 0 aliphatic carbocycles. The quantitative estimate of drug-likeness (QED) is 0.495. The van der Waals surface area contributed by atoms with Gasteiger partial charge in [-0.25, -0.2) is 4.98 Å². The molecule has 0 radical (unpaired) electrons. The second kappa shape index (κ2) is 8.30. The normalized spacial score (nSPS) is 14.8. The van der Waals surface area contributed by atoms with E-state index in [1.54, 1.807) is 6.07 Å². The van der Waals surface area contributed by atoms with Gasteiger partial charge in [0.2, 0.25) is 5.91 Å². The molecule has 0 bridgehead atoms. The molecule has 3 heterocycles. The van der Waals surface area contributed by atoms with Gasteiger partial charge in [-0.2, -0.15) is 0 Å². The predicted molar refractivity (Wildman–Crippen MR) is 111 cm³/mol. The Bertz CT molecular complexity index is 1010. The van der Waals surface area contributed by atoms with Crippen molar-refractivity contribution in [1.82, 2.24) is 15.3 Å². The molecule has 8 heteroatoms. The number of para-hydroxylation sites is 1. The lowest BCUT2D eigenvalue weighted by Gasteiger charge is -2.32. The number of carbonyl (C=O) groups excluding carboxylic acids is 1. The average Bonchev–Trinajstić information content (AvgIpc) is 3.17. The molecule has 29 heavy (non-hydrogen) atoms. The number of rotatable bonds is 6. The van der Waals surface area contributed by atoms with Crippen molar-refractivity contribution in [2.24, 2.45) is 5.92 Å². The number of benzene rings is 1. The summed E-state index contributed by atoms with van der Waals surface area (Å²) in [6.45, 7) is 2.04. The molecule has 2 aromatic heterocycles. The van der Waals surface area contributed by atoms with Crippen LogP contribution in [0.5, 0.6) is 0 Å². The number of amides is 1. The van der Waals surface area contributed by atoms with Crippen LogP contribution in [0.2, 0.25) is 0 Å². The molecule has 1 aromatic carbocycles. The van der Waals surface area contributed by atoms with Crippen LogP contribution in [0.25, 0.3) is 10.9 Å². The Balaban J connectivity index is 1.25. The maximum absolute atomic E-state index is 12.5. The zero-order chi connectivity index (χ0) is 20.2. The Kier molecular flexibility index (Phi) is 5.41. The van der Waals surface area contributed by atoms with Gasteiger partial charge in [0.1, 0.15) is 12.0 Å². The van der Waals surface area contributed by atoms with Crippen LogP contribution in [0.3, 0.4) is 0 Å². The number of hydrogen-bond donors (Lipinski definition) is 2. The Morgan fingerprint density at radius 3 is 2.76 bits per heavy atom. The summed E-state index contributed by atoms with van der Waals surface area (Å²) in [6.07, 6.45) is 5.57. The van der Waals surface area contributed by atoms with Gasteiger partial charge in [-0.3, -0.25) is 14.9 Å². The molecule has 8 nitrogen and oxygen atoms in total. The number of nitrogens with one attached hydrogen (secondary N) is 2. The molecule has 1 fully saturated rings. The van der Waals surface area contributed by atoms with Crippen molar-refractivity contribution in [3.63, 3.8) is 0 Å². The minimum atomic E-state index is -0.455. The molecule has 0 saturated carbocycles. The van der Waals surface area contributed by atoms with E-state index < -0.39 is 4.92 Å². The maximum atomic E-state index is 12.5. The summed E-state index contributed by atoms with van der Waals surface area (Å²) >= 11 is 0. The first-order valence-corrected chi connectivity index (χ1v) is 9.80. The molecule has 2 N–H and O–H groups in total. The number of fused-ring (bicyclic) bond motifs is 1. The van der Waals surface area contributed by atoms with Gasteiger partial charge < -0.3 is 15.2 Å². The first-order chi connectivity index (χ1) is 14.1. The SMILES string of the molecule is O=C(NCCc1c[nH]c2ccccc12)C1CCN(c2ccc([N+](=O)[O-])cn2)CC1. The molecule has 1 aliphatic heterocycles. The van der Waals surface area contributed by atoms with Crippen molar-refractivity contribution in [3.05, 3.63) is 64.5 Å². The Labute approximate surface area is 168 Å². The highest BCUT2D eigenvalue weighted by Gasteiger charge is 2.25. The lowest BCUT2D eigenvalue weighted by molar-refractivity contribution is -0.385. The van der Waals surface area contributed by atoms with Crippen LogP contribution in [0.15, 0.2) is 48.8 Å². The van der Waals surface area contributed by atoms with E-state index in [0.717, 1.165) is 24.8 Å². The summed E-state index contributed by atoms with van der Waals surface area (Å²) in [4.78, 5) is 32.3. The molecular weight excluding hydrogens is 370 g/mol. The van der Waals surface area contributed by atoms with Gasteiger partial charge in [0.15, 0.2) is 0 Å². The summed E-state index contributed by atoms with van der Waals surface area (Å²) in [6, 6.07) is 11.3. The van der Waals surface area contributed by atoms with E-state index in [-0.39, 0.29) is 17.5 Å². The van der Waals surface area contributed by atoms with E-state index in [0.29, 0.717) is 25.5 Å². The zero-order valence-electron chi connectivity index (χ0n) is 16.0. The number of carbonyl (C=O) groups is 1. The van der Waals surface area contributed by atoms with E-state index in [1.807, 2.05) is 24.4 Å². The summed E-state index contributed by atoms with van der Waals surface area (Å²) in [5, 5.41) is 15.0. The molecule has 150 valence electrons. The van der Waals surface area contributed by atoms with Crippen LogP contribution in [0.4, 0.5) is 11.5 Å². The molecule has 0 spiro atoms. The monoisotopic (exact) mass is 393 g/mol. The van der Waals surface area contributed by atoms with Crippen LogP contribution < -0.4 is 10.2 Å². The maximum Gasteiger partial charge on any atom is 0.287 e. The molecule has 1 aliphatic rings. The fourth-order valence-electron chi connectivity index (χ4n) is 3.85. The number of nitrogens with zero attached hydrogens (tertiary/aromatic N) is 3. The lowest BCUT2D eigenvalue weighted by Crippen LogP contribution is -2.41. The van der Waals surface area contributed by atoms with Crippen molar-refractivity contribution < 1.29 is 9.72 Å². The third-order valence-corrected chi connectivity index (χ3v) is 5.50. The van der Waals surface area contributed by atoms with E-state index in [9.17, 15) is 14.9 Å². The zero-order valence-corrected chi connectivity index (χ0v) is 16.0. The molecule has 1 saturated heterocycles. The molecule has 1 amide bonds. The van der Waals surface area contributed by atoms with Gasteiger partial charge in [-0.1, -0.05) is 18.2 Å². The van der Waals surface area contributed by atoms with Crippen molar-refractivity contribution >= 4 is 28.3 Å². The van der Waals surface area contributed by atoms with E-state index in [1.165, 1.54) is 23.2 Å². The van der Waals surface area contributed by atoms with Crippen LogP contribution in [0.1, 0.15) is 18.4 Å². The minimum Gasteiger partial charge on any atom is -0.361 e. The van der Waals surface area contributed by atoms with Crippen molar-refractivity contribution in [3.8, 4) is 0 Å². The number of H-pyrrole nitrogens is 1. The number of pyridine rings is 1. The third-order valence-electron chi connectivity index (χ3n) is 5.50. The Morgan fingerprint density at radius 2 is 2.03 bits per heavy atom. The number of aromatic amines is 1. The van der Waals surface area contributed by atoms with Crippen molar-refractivity contribution in [1.29, 1.82) is 0 Å². The topological polar surface area (TPSA) is 104 Å². The molecule has 3 aromatic rings. The van der Waals surface area contributed by atoms with E-state index >= 15 is 0 Å². The van der Waals surface area contributed by atoms with Gasteiger partial charge in [0.25, 0.3) is 5.69 Å². The summed E-state index contributed by atoms with van der Waals surface area (Å²) in [5.74, 6) is 0.808. The first-order valence-electron chi connectivity index (χ1n) is 9.80. The highest BCUT2D eigenvalue weighted by atomic mass is 16.6. The number of hydrogen-bond acceptors (Lipinski definition) is 5. The van der Waals surface area contributed by atoms with Crippen LogP contribution in [0, 0.1) is 16.0 Å². The highest BCUT2D eigenvalue weighted by Crippen LogP contribution is 2.23. The fourth-order valence-corrected chi connectivity index (χ4v) is 3.85. The highest BCUT2D eigenvalue weighted by molar-refractivity contribution is 5.83. The third kappa shape index (κ3) is 4.21. The largest absolute Gasteiger partial charge is 0.361 e. The van der Waals surface area contributed by atoms with Crippen molar-refractivity contribution in [2.75, 3.05) is 24.5 Å². The number of aromatic nitrogens is 2.